The van der Waals surface area contributed by atoms with Gasteiger partial charge in [-0.3, -0.25) is 4.99 Å². The summed E-state index contributed by atoms with van der Waals surface area (Å²) in [4.78, 5) is 31.6. The lowest BCUT2D eigenvalue weighted by atomic mass is 10.0. The zero-order valence-electron chi connectivity index (χ0n) is 25.3. The second-order valence-corrected chi connectivity index (χ2v) is 11.6. The number of carbonyl (C=O) groups is 2. The number of allylic oxidation sites excluding steroid dienone is 1. The SMILES string of the molecule is CCOC(=O)c1cc2c(/C(=C/C=NC)NC3CCCCO3)ccn2c(NC2CCN(C(=O)OC(C)(C)C)CC2)c1C. The smallest absolute Gasteiger partial charge is 0.410 e. The van der Waals surface area contributed by atoms with E-state index in [1.54, 1.807) is 18.2 Å². The number of nitrogens with one attached hydrogen (secondary N) is 2. The molecule has 10 heteroatoms. The van der Waals surface area contributed by atoms with Crippen LogP contribution in [0.25, 0.3) is 11.2 Å². The van der Waals surface area contributed by atoms with Gasteiger partial charge in [0.05, 0.1) is 17.7 Å². The minimum atomic E-state index is -0.525. The van der Waals surface area contributed by atoms with Crippen molar-refractivity contribution in [1.29, 1.82) is 0 Å². The quantitative estimate of drug-likeness (QED) is 0.325. The zero-order valence-corrected chi connectivity index (χ0v) is 25.3. The van der Waals surface area contributed by atoms with Crippen molar-refractivity contribution in [3.8, 4) is 0 Å². The summed E-state index contributed by atoms with van der Waals surface area (Å²) in [6.07, 6.45) is 9.97. The molecule has 0 spiro atoms. The van der Waals surface area contributed by atoms with Crippen LogP contribution in [0.5, 0.6) is 0 Å². The molecule has 224 valence electrons. The van der Waals surface area contributed by atoms with Crippen molar-refractivity contribution < 1.29 is 23.8 Å². The molecule has 10 nitrogen and oxygen atoms in total. The van der Waals surface area contributed by atoms with Crippen molar-refractivity contribution in [3.05, 3.63) is 41.1 Å². The number of nitrogens with zero attached hydrogens (tertiary/aromatic N) is 3. The van der Waals surface area contributed by atoms with Crippen molar-refractivity contribution in [1.82, 2.24) is 14.6 Å². The predicted molar refractivity (Wildman–Crippen MR) is 162 cm³/mol. The fourth-order valence-electron chi connectivity index (χ4n) is 5.29. The first-order valence-electron chi connectivity index (χ1n) is 14.7. The summed E-state index contributed by atoms with van der Waals surface area (Å²) in [6.45, 7) is 11.6. The highest BCUT2D eigenvalue weighted by Crippen LogP contribution is 2.31. The van der Waals surface area contributed by atoms with Gasteiger partial charge >= 0.3 is 12.1 Å². The van der Waals surface area contributed by atoms with Gasteiger partial charge in [0.2, 0.25) is 0 Å². The minimum Gasteiger partial charge on any atom is -0.462 e. The van der Waals surface area contributed by atoms with Crippen LogP contribution in [-0.2, 0) is 14.2 Å². The molecule has 4 heterocycles. The zero-order chi connectivity index (χ0) is 29.6. The lowest BCUT2D eigenvalue weighted by Crippen LogP contribution is -2.44. The predicted octanol–water partition coefficient (Wildman–Crippen LogP) is 5.39. The largest absolute Gasteiger partial charge is 0.462 e. The lowest BCUT2D eigenvalue weighted by Gasteiger charge is -2.34. The van der Waals surface area contributed by atoms with Gasteiger partial charge < -0.3 is 34.1 Å². The molecule has 2 aliphatic heterocycles. The Morgan fingerprint density at radius 1 is 1.17 bits per heavy atom. The van der Waals surface area contributed by atoms with Gasteiger partial charge in [-0.15, -0.1) is 0 Å². The van der Waals surface area contributed by atoms with E-state index >= 15 is 0 Å². The summed E-state index contributed by atoms with van der Waals surface area (Å²) in [5.41, 5.74) is 3.49. The standard InChI is InChI=1S/C31H45N5O5/c1-7-39-29(37)24-20-26-23(25(11-15-32-6)34-27-10-8-9-19-40-27)14-18-36(26)28(21(24)2)33-22-12-16-35(17-13-22)30(38)41-31(3,4)5/h11,14-15,18,20,22,27,33-34H,7-10,12-13,16-17,19H2,1-6H3/b25-11-,32-15?. The lowest BCUT2D eigenvalue weighted by molar-refractivity contribution is 0.00534. The van der Waals surface area contributed by atoms with Crippen LogP contribution in [0.4, 0.5) is 10.6 Å². The van der Waals surface area contributed by atoms with Gasteiger partial charge in [-0.1, -0.05) is 0 Å². The number of hydrogen-bond donors (Lipinski definition) is 2. The van der Waals surface area contributed by atoms with Crippen LogP contribution in [-0.4, -0.2) is 78.8 Å². The number of rotatable bonds is 8. The summed E-state index contributed by atoms with van der Waals surface area (Å²) in [5, 5.41) is 7.25. The maximum atomic E-state index is 13.1. The summed E-state index contributed by atoms with van der Waals surface area (Å²) < 4.78 is 19.1. The molecule has 0 radical (unpaired) electrons. The molecular formula is C31H45N5O5. The first-order valence-corrected chi connectivity index (χ1v) is 14.7. The van der Waals surface area contributed by atoms with Crippen LogP contribution >= 0.6 is 0 Å². The van der Waals surface area contributed by atoms with Crippen LogP contribution in [0, 0.1) is 6.92 Å². The fourth-order valence-corrected chi connectivity index (χ4v) is 5.29. The van der Waals surface area contributed by atoms with Crippen molar-refractivity contribution in [2.24, 2.45) is 4.99 Å². The van der Waals surface area contributed by atoms with Gasteiger partial charge in [0.1, 0.15) is 17.6 Å². The van der Waals surface area contributed by atoms with Crippen LogP contribution in [0.1, 0.15) is 81.3 Å². The first kappa shape index (κ1) is 30.4. The minimum absolute atomic E-state index is 0.0852. The number of aromatic nitrogens is 1. The Kier molecular flexibility index (Phi) is 9.96. The van der Waals surface area contributed by atoms with E-state index < -0.39 is 5.60 Å². The second-order valence-electron chi connectivity index (χ2n) is 11.6. The highest BCUT2D eigenvalue weighted by Gasteiger charge is 2.28. The molecule has 2 aromatic heterocycles. The molecule has 0 bridgehead atoms. The Hall–Kier alpha value is -3.53. The molecule has 2 fully saturated rings. The van der Waals surface area contributed by atoms with Crippen molar-refractivity contribution in [2.75, 3.05) is 38.7 Å². The third kappa shape index (κ3) is 7.61. The number of carbonyl (C=O) groups excluding carboxylic acids is 2. The van der Waals surface area contributed by atoms with Gasteiger partial charge in [0.25, 0.3) is 0 Å². The highest BCUT2D eigenvalue weighted by molar-refractivity contribution is 5.96. The van der Waals surface area contributed by atoms with E-state index in [0.29, 0.717) is 25.3 Å². The third-order valence-corrected chi connectivity index (χ3v) is 7.37. The monoisotopic (exact) mass is 567 g/mol. The van der Waals surface area contributed by atoms with Gasteiger partial charge in [-0.05, 0) is 84.9 Å². The Labute approximate surface area is 243 Å². The van der Waals surface area contributed by atoms with Gasteiger partial charge in [-0.2, -0.15) is 0 Å². The molecule has 0 saturated carbocycles. The molecule has 2 aromatic rings. The molecule has 0 aliphatic carbocycles. The number of ether oxygens (including phenoxy) is 3. The highest BCUT2D eigenvalue weighted by atomic mass is 16.6. The third-order valence-electron chi connectivity index (χ3n) is 7.37. The number of hydrogen-bond acceptors (Lipinski definition) is 8. The van der Waals surface area contributed by atoms with Crippen LogP contribution < -0.4 is 10.6 Å². The molecule has 2 aliphatic rings. The Morgan fingerprint density at radius 2 is 1.93 bits per heavy atom. The summed E-state index contributed by atoms with van der Waals surface area (Å²) >= 11 is 0. The fraction of sp³-hybridized carbons (Fsp3) is 0.581. The molecule has 0 aromatic carbocycles. The van der Waals surface area contributed by atoms with Gasteiger partial charge in [0.15, 0.2) is 0 Å². The summed E-state index contributed by atoms with van der Waals surface area (Å²) in [7, 11) is 1.74. The molecule has 4 rings (SSSR count). The molecular weight excluding hydrogens is 522 g/mol. The summed E-state index contributed by atoms with van der Waals surface area (Å²) in [6, 6.07) is 4.07. The van der Waals surface area contributed by atoms with E-state index in [9.17, 15) is 9.59 Å². The van der Waals surface area contributed by atoms with E-state index in [2.05, 4.69) is 20.0 Å². The normalized spacial score (nSPS) is 19.0. The average Bonchev–Trinajstić information content (AvgIpc) is 3.36. The number of esters is 1. The van der Waals surface area contributed by atoms with Crippen molar-refractivity contribution in [2.45, 2.75) is 84.6 Å². The van der Waals surface area contributed by atoms with E-state index in [0.717, 1.165) is 66.9 Å². The molecule has 1 unspecified atom stereocenters. The molecule has 2 saturated heterocycles. The van der Waals surface area contributed by atoms with E-state index in [-0.39, 0.29) is 24.3 Å². The maximum absolute atomic E-state index is 13.1. The van der Waals surface area contributed by atoms with Crippen LogP contribution in [0.3, 0.4) is 0 Å². The number of pyridine rings is 1. The Balaban J connectivity index is 1.66. The summed E-state index contributed by atoms with van der Waals surface area (Å²) in [5.74, 6) is 0.483. The topological polar surface area (TPSA) is 106 Å². The number of anilines is 1. The molecule has 1 amide bonds. The van der Waals surface area contributed by atoms with Crippen LogP contribution in [0.2, 0.25) is 0 Å². The Bertz CT molecular complexity index is 1280. The first-order chi connectivity index (χ1) is 19.6. The average molecular weight is 568 g/mol. The maximum Gasteiger partial charge on any atom is 0.410 e. The van der Waals surface area contributed by atoms with E-state index in [4.69, 9.17) is 14.2 Å². The second kappa shape index (κ2) is 13.4. The van der Waals surface area contributed by atoms with Crippen molar-refractivity contribution in [3.63, 3.8) is 0 Å². The Morgan fingerprint density at radius 3 is 2.56 bits per heavy atom. The molecule has 1 atom stereocenters. The molecule has 2 N–H and O–H groups in total. The number of aliphatic imine (C=N–C) groups is 1. The van der Waals surface area contributed by atoms with E-state index in [1.807, 2.05) is 59.0 Å². The number of likely N-dealkylation sites (tertiary alicyclic amines) is 1. The number of piperidine rings is 1. The van der Waals surface area contributed by atoms with Crippen molar-refractivity contribution >= 4 is 35.3 Å². The number of amides is 1. The van der Waals surface area contributed by atoms with Gasteiger partial charge in [0, 0.05) is 62.0 Å². The van der Waals surface area contributed by atoms with Gasteiger partial charge in [-0.25, -0.2) is 9.59 Å². The van der Waals surface area contributed by atoms with E-state index in [1.165, 1.54) is 0 Å². The van der Waals surface area contributed by atoms with Crippen LogP contribution in [0.15, 0.2) is 29.4 Å². The molecule has 41 heavy (non-hydrogen) atoms. The number of fused-ring (bicyclic) bond motifs is 1.